The molecule has 27 heavy (non-hydrogen) atoms. The highest BCUT2D eigenvalue weighted by Gasteiger charge is 2.17. The van der Waals surface area contributed by atoms with Crippen molar-refractivity contribution in [2.75, 3.05) is 7.11 Å². The number of alkyl halides is 2. The first-order valence-electron chi connectivity index (χ1n) is 8.52. The molecule has 1 atom stereocenters. The maximum absolute atomic E-state index is 12.5. The van der Waals surface area contributed by atoms with Crippen LogP contribution < -0.4 is 14.8 Å². The van der Waals surface area contributed by atoms with E-state index in [0.29, 0.717) is 6.54 Å². The molecule has 3 aromatic rings. The topological polar surface area (TPSA) is 30.5 Å². The quantitative estimate of drug-likeness (QED) is 0.539. The van der Waals surface area contributed by atoms with Gasteiger partial charge in [0.05, 0.1) is 12.1 Å². The molecule has 0 radical (unpaired) electrons. The third-order valence-electron chi connectivity index (χ3n) is 4.40. The number of methoxy groups -OCH3 is 1. The van der Waals surface area contributed by atoms with Crippen molar-refractivity contribution in [3.8, 4) is 11.5 Å². The van der Waals surface area contributed by atoms with Crippen LogP contribution in [0.1, 0.15) is 24.1 Å². The summed E-state index contributed by atoms with van der Waals surface area (Å²) in [7, 11) is 1.39. The number of hydrogen-bond acceptors (Lipinski definition) is 3. The Kier molecular flexibility index (Phi) is 6.14. The number of ether oxygens (including phenoxy) is 2. The molecule has 0 aromatic heterocycles. The minimum absolute atomic E-state index is 0.0814. The van der Waals surface area contributed by atoms with E-state index in [2.05, 4.69) is 41.2 Å². The van der Waals surface area contributed by atoms with Gasteiger partial charge in [-0.1, -0.05) is 54.1 Å². The van der Waals surface area contributed by atoms with E-state index in [4.69, 9.17) is 16.3 Å². The Morgan fingerprint density at radius 1 is 1.07 bits per heavy atom. The van der Waals surface area contributed by atoms with Crippen LogP contribution in [0, 0.1) is 0 Å². The van der Waals surface area contributed by atoms with E-state index in [1.54, 1.807) is 12.1 Å². The fraction of sp³-hybridized carbons (Fsp3) is 0.238. The largest absolute Gasteiger partial charge is 0.493 e. The van der Waals surface area contributed by atoms with Crippen molar-refractivity contribution in [3.05, 3.63) is 70.7 Å². The van der Waals surface area contributed by atoms with Gasteiger partial charge in [-0.15, -0.1) is 0 Å². The lowest BCUT2D eigenvalue weighted by Gasteiger charge is -2.18. The molecule has 0 heterocycles. The molecule has 0 aliphatic rings. The van der Waals surface area contributed by atoms with Crippen LogP contribution in [0.5, 0.6) is 11.5 Å². The normalized spacial score (nSPS) is 12.4. The fourth-order valence-corrected chi connectivity index (χ4v) is 3.37. The number of rotatable bonds is 7. The van der Waals surface area contributed by atoms with E-state index in [1.165, 1.54) is 23.4 Å². The summed E-state index contributed by atoms with van der Waals surface area (Å²) in [5.41, 5.74) is 1.99. The Bertz CT molecular complexity index is 928. The maximum Gasteiger partial charge on any atom is 0.387 e. The Morgan fingerprint density at radius 2 is 1.81 bits per heavy atom. The Hall–Kier alpha value is -2.37. The van der Waals surface area contributed by atoms with Gasteiger partial charge >= 0.3 is 6.61 Å². The Morgan fingerprint density at radius 3 is 2.56 bits per heavy atom. The molecule has 0 saturated heterocycles. The predicted octanol–water partition coefficient (Wildman–Crippen LogP) is 5.95. The third-order valence-corrected chi connectivity index (χ3v) is 4.68. The molecule has 3 aromatic carbocycles. The van der Waals surface area contributed by atoms with Gasteiger partial charge < -0.3 is 14.8 Å². The lowest BCUT2D eigenvalue weighted by Crippen LogP contribution is -2.18. The molecule has 0 unspecified atom stereocenters. The summed E-state index contributed by atoms with van der Waals surface area (Å²) in [6.45, 7) is -0.392. The molecule has 0 saturated carbocycles. The molecular formula is C21H20ClF2NO2. The highest BCUT2D eigenvalue weighted by atomic mass is 35.5. The van der Waals surface area contributed by atoms with Gasteiger partial charge in [0.15, 0.2) is 11.5 Å². The first-order valence-corrected chi connectivity index (χ1v) is 8.89. The molecule has 0 fully saturated rings. The minimum Gasteiger partial charge on any atom is -0.493 e. The molecule has 1 N–H and O–H groups in total. The van der Waals surface area contributed by atoms with Crippen molar-refractivity contribution >= 4 is 22.4 Å². The second kappa shape index (κ2) is 8.55. The molecule has 0 spiro atoms. The van der Waals surface area contributed by atoms with Gasteiger partial charge in [0.1, 0.15) is 0 Å². The van der Waals surface area contributed by atoms with E-state index >= 15 is 0 Å². The first kappa shape index (κ1) is 19.4. The van der Waals surface area contributed by atoms with Crippen LogP contribution in [0.4, 0.5) is 8.78 Å². The van der Waals surface area contributed by atoms with Gasteiger partial charge in [0.2, 0.25) is 0 Å². The van der Waals surface area contributed by atoms with Gasteiger partial charge in [-0.3, -0.25) is 0 Å². The van der Waals surface area contributed by atoms with Crippen LogP contribution in [-0.4, -0.2) is 13.7 Å². The summed E-state index contributed by atoms with van der Waals surface area (Å²) in [5.74, 6) is 0.0254. The molecular weight excluding hydrogens is 372 g/mol. The second-order valence-corrected chi connectivity index (χ2v) is 6.57. The molecule has 0 amide bonds. The van der Waals surface area contributed by atoms with E-state index in [0.717, 1.165) is 5.56 Å². The van der Waals surface area contributed by atoms with Crippen LogP contribution in [0.15, 0.2) is 54.6 Å². The van der Waals surface area contributed by atoms with Gasteiger partial charge in [-0.05, 0) is 41.0 Å². The standard InChI is InChI=1S/C21H20ClF2NO2/c1-13(16-9-5-7-15-6-3-4-8-17(15)16)25-12-14-10-18(22)20(27-21(23)24)19(11-14)26-2/h3-11,13,21,25H,12H2,1-2H3/t13-/m0/s1. The van der Waals surface area contributed by atoms with Crippen molar-refractivity contribution in [2.24, 2.45) is 0 Å². The fourth-order valence-electron chi connectivity index (χ4n) is 3.09. The summed E-state index contributed by atoms with van der Waals surface area (Å²) in [6.07, 6.45) is 0. The summed E-state index contributed by atoms with van der Waals surface area (Å²) >= 11 is 6.10. The van der Waals surface area contributed by atoms with Crippen molar-refractivity contribution in [1.29, 1.82) is 0 Å². The predicted molar refractivity (Wildman–Crippen MR) is 104 cm³/mol. The number of halogens is 3. The van der Waals surface area contributed by atoms with E-state index in [-0.39, 0.29) is 22.6 Å². The van der Waals surface area contributed by atoms with Crippen LogP contribution in [0.2, 0.25) is 5.02 Å². The molecule has 3 nitrogen and oxygen atoms in total. The maximum atomic E-state index is 12.5. The Labute approximate surface area is 161 Å². The molecule has 6 heteroatoms. The number of hydrogen-bond donors (Lipinski definition) is 1. The van der Waals surface area contributed by atoms with Gasteiger partial charge in [0.25, 0.3) is 0 Å². The van der Waals surface area contributed by atoms with Crippen molar-refractivity contribution < 1.29 is 18.3 Å². The first-order chi connectivity index (χ1) is 13.0. The summed E-state index contributed by atoms with van der Waals surface area (Å²) in [6, 6.07) is 17.7. The summed E-state index contributed by atoms with van der Waals surface area (Å²) in [4.78, 5) is 0. The average molecular weight is 392 g/mol. The highest BCUT2D eigenvalue weighted by molar-refractivity contribution is 6.32. The van der Waals surface area contributed by atoms with Gasteiger partial charge in [-0.2, -0.15) is 8.78 Å². The van der Waals surface area contributed by atoms with Crippen LogP contribution in [0.3, 0.4) is 0 Å². The monoisotopic (exact) mass is 391 g/mol. The molecule has 0 aliphatic heterocycles. The van der Waals surface area contributed by atoms with Crippen LogP contribution in [0.25, 0.3) is 10.8 Å². The highest BCUT2D eigenvalue weighted by Crippen LogP contribution is 2.37. The third kappa shape index (κ3) is 4.49. The molecule has 0 aliphatic carbocycles. The molecule has 3 rings (SSSR count). The van der Waals surface area contributed by atoms with E-state index < -0.39 is 6.61 Å². The van der Waals surface area contributed by atoms with E-state index in [9.17, 15) is 8.78 Å². The number of benzene rings is 3. The van der Waals surface area contributed by atoms with Crippen molar-refractivity contribution in [3.63, 3.8) is 0 Å². The van der Waals surface area contributed by atoms with Crippen LogP contribution >= 0.6 is 11.6 Å². The lowest BCUT2D eigenvalue weighted by molar-refractivity contribution is -0.0511. The zero-order chi connectivity index (χ0) is 19.4. The smallest absolute Gasteiger partial charge is 0.387 e. The van der Waals surface area contributed by atoms with Gasteiger partial charge in [0, 0.05) is 12.6 Å². The zero-order valence-electron chi connectivity index (χ0n) is 15.0. The second-order valence-electron chi connectivity index (χ2n) is 6.16. The van der Waals surface area contributed by atoms with Crippen LogP contribution in [-0.2, 0) is 6.54 Å². The number of fused-ring (bicyclic) bond motifs is 1. The minimum atomic E-state index is -2.97. The molecule has 0 bridgehead atoms. The zero-order valence-corrected chi connectivity index (χ0v) is 15.8. The van der Waals surface area contributed by atoms with Gasteiger partial charge in [-0.25, -0.2) is 0 Å². The summed E-state index contributed by atoms with van der Waals surface area (Å²) < 4.78 is 34.7. The molecule has 142 valence electrons. The van der Waals surface area contributed by atoms with Crippen molar-refractivity contribution in [1.82, 2.24) is 5.32 Å². The lowest BCUT2D eigenvalue weighted by atomic mass is 9.99. The van der Waals surface area contributed by atoms with Crippen molar-refractivity contribution in [2.45, 2.75) is 26.1 Å². The average Bonchev–Trinajstić information content (AvgIpc) is 2.67. The number of nitrogens with one attached hydrogen (secondary N) is 1. The van der Waals surface area contributed by atoms with E-state index in [1.807, 2.05) is 18.2 Å². The Balaban J connectivity index is 1.79. The summed E-state index contributed by atoms with van der Waals surface area (Å²) in [5, 5.41) is 5.90. The SMILES string of the molecule is COc1cc(CN[C@@H](C)c2cccc3ccccc23)cc(Cl)c1OC(F)F.